The number of carbonyl (C=O) groups excluding carboxylic acids is 1. The lowest BCUT2D eigenvalue weighted by molar-refractivity contribution is -0.132. The fourth-order valence-corrected chi connectivity index (χ4v) is 2.56. The summed E-state index contributed by atoms with van der Waals surface area (Å²) in [6.07, 6.45) is 3.86. The highest BCUT2D eigenvalue weighted by molar-refractivity contribution is 5.78. The monoisotopic (exact) mass is 255 g/mol. The summed E-state index contributed by atoms with van der Waals surface area (Å²) in [7, 11) is 0. The van der Waals surface area contributed by atoms with Gasteiger partial charge in [-0.3, -0.25) is 9.69 Å². The smallest absolute Gasteiger partial charge is 0.236 e. The number of amides is 1. The molecule has 1 saturated heterocycles. The summed E-state index contributed by atoms with van der Waals surface area (Å²) in [5.74, 6) is 0.262. The molecule has 0 aromatic rings. The van der Waals surface area contributed by atoms with Crippen molar-refractivity contribution >= 4 is 5.91 Å². The minimum Gasteiger partial charge on any atom is -0.342 e. The van der Waals surface area contributed by atoms with Crippen molar-refractivity contribution < 1.29 is 4.79 Å². The van der Waals surface area contributed by atoms with E-state index in [2.05, 4.69) is 17.1 Å². The second-order valence-corrected chi connectivity index (χ2v) is 5.04. The van der Waals surface area contributed by atoms with Crippen molar-refractivity contribution in [2.75, 3.05) is 39.3 Å². The van der Waals surface area contributed by atoms with E-state index in [1.54, 1.807) is 0 Å². The van der Waals surface area contributed by atoms with Crippen LogP contribution < -0.4 is 5.32 Å². The summed E-state index contributed by atoms with van der Waals surface area (Å²) in [5.41, 5.74) is 0. The SMILES string of the molecule is CCN(CC(=O)N(CC)CC)CC1CCCCN1. The van der Waals surface area contributed by atoms with Gasteiger partial charge in [-0.05, 0) is 39.8 Å². The molecule has 106 valence electrons. The van der Waals surface area contributed by atoms with E-state index in [1.807, 2.05) is 18.7 Å². The van der Waals surface area contributed by atoms with Gasteiger partial charge in [-0.15, -0.1) is 0 Å². The molecule has 1 atom stereocenters. The van der Waals surface area contributed by atoms with Crippen LogP contribution in [0, 0.1) is 0 Å². The third kappa shape index (κ3) is 4.94. The molecule has 0 radical (unpaired) electrons. The first-order valence-corrected chi connectivity index (χ1v) is 7.44. The Morgan fingerprint density at radius 1 is 1.17 bits per heavy atom. The molecule has 1 rings (SSSR count). The zero-order chi connectivity index (χ0) is 13.4. The second kappa shape index (κ2) is 8.48. The third-order valence-electron chi connectivity index (χ3n) is 3.81. The summed E-state index contributed by atoms with van der Waals surface area (Å²) in [5, 5.41) is 3.55. The standard InChI is InChI=1S/C14H29N3O/c1-4-16(11-13-9-7-8-10-15-13)12-14(18)17(5-2)6-3/h13,15H,4-12H2,1-3H3. The fraction of sp³-hybridized carbons (Fsp3) is 0.929. The molecule has 0 aromatic heterocycles. The van der Waals surface area contributed by atoms with E-state index >= 15 is 0 Å². The predicted octanol–water partition coefficient (Wildman–Crippen LogP) is 1.32. The van der Waals surface area contributed by atoms with Crippen LogP contribution in [0.15, 0.2) is 0 Å². The normalized spacial score (nSPS) is 20.1. The van der Waals surface area contributed by atoms with Gasteiger partial charge in [0, 0.05) is 25.7 Å². The third-order valence-corrected chi connectivity index (χ3v) is 3.81. The summed E-state index contributed by atoms with van der Waals surface area (Å²) < 4.78 is 0. The van der Waals surface area contributed by atoms with Gasteiger partial charge in [0.05, 0.1) is 6.54 Å². The average molecular weight is 255 g/mol. The maximum absolute atomic E-state index is 12.1. The van der Waals surface area contributed by atoms with Gasteiger partial charge in [0.2, 0.25) is 5.91 Å². The van der Waals surface area contributed by atoms with E-state index in [-0.39, 0.29) is 5.91 Å². The topological polar surface area (TPSA) is 35.6 Å². The first-order valence-electron chi connectivity index (χ1n) is 7.44. The van der Waals surface area contributed by atoms with E-state index in [4.69, 9.17) is 0 Å². The molecule has 1 aliphatic rings. The van der Waals surface area contributed by atoms with E-state index in [0.717, 1.165) is 32.7 Å². The van der Waals surface area contributed by atoms with Crippen LogP contribution in [0.4, 0.5) is 0 Å². The predicted molar refractivity (Wildman–Crippen MR) is 75.7 cm³/mol. The summed E-state index contributed by atoms with van der Waals surface area (Å²) in [6.45, 7) is 11.5. The molecule has 18 heavy (non-hydrogen) atoms. The van der Waals surface area contributed by atoms with Crippen molar-refractivity contribution in [3.05, 3.63) is 0 Å². The lowest BCUT2D eigenvalue weighted by Gasteiger charge is -2.30. The van der Waals surface area contributed by atoms with Crippen LogP contribution in [0.5, 0.6) is 0 Å². The molecule has 0 aromatic carbocycles. The minimum absolute atomic E-state index is 0.262. The first kappa shape index (κ1) is 15.4. The highest BCUT2D eigenvalue weighted by atomic mass is 16.2. The molecule has 1 fully saturated rings. The molecular weight excluding hydrogens is 226 g/mol. The molecule has 1 amide bonds. The fourth-order valence-electron chi connectivity index (χ4n) is 2.56. The van der Waals surface area contributed by atoms with Crippen molar-refractivity contribution in [1.29, 1.82) is 0 Å². The number of rotatable bonds is 7. The van der Waals surface area contributed by atoms with Gasteiger partial charge in [0.15, 0.2) is 0 Å². The Morgan fingerprint density at radius 3 is 2.39 bits per heavy atom. The van der Waals surface area contributed by atoms with Crippen LogP contribution >= 0.6 is 0 Å². The molecule has 1 aliphatic heterocycles. The second-order valence-electron chi connectivity index (χ2n) is 5.04. The number of likely N-dealkylation sites (N-methyl/N-ethyl adjacent to an activating group) is 2. The van der Waals surface area contributed by atoms with Gasteiger partial charge in [-0.25, -0.2) is 0 Å². The van der Waals surface area contributed by atoms with E-state index in [0.29, 0.717) is 12.6 Å². The molecule has 4 heteroatoms. The number of carbonyl (C=O) groups is 1. The number of piperidine rings is 1. The highest BCUT2D eigenvalue weighted by Gasteiger charge is 2.19. The van der Waals surface area contributed by atoms with E-state index < -0.39 is 0 Å². The molecule has 0 saturated carbocycles. The highest BCUT2D eigenvalue weighted by Crippen LogP contribution is 2.08. The largest absolute Gasteiger partial charge is 0.342 e. The molecule has 1 N–H and O–H groups in total. The van der Waals surface area contributed by atoms with Gasteiger partial charge in [0.25, 0.3) is 0 Å². The van der Waals surface area contributed by atoms with Gasteiger partial charge >= 0.3 is 0 Å². The molecule has 0 aliphatic carbocycles. The van der Waals surface area contributed by atoms with Crippen LogP contribution in [-0.2, 0) is 4.79 Å². The summed E-state index contributed by atoms with van der Waals surface area (Å²) >= 11 is 0. The van der Waals surface area contributed by atoms with Crippen molar-refractivity contribution in [2.24, 2.45) is 0 Å². The van der Waals surface area contributed by atoms with Crippen LogP contribution in [-0.4, -0.2) is 61.0 Å². The van der Waals surface area contributed by atoms with Gasteiger partial charge in [0.1, 0.15) is 0 Å². The van der Waals surface area contributed by atoms with Gasteiger partial charge in [-0.2, -0.15) is 0 Å². The number of hydrogen-bond donors (Lipinski definition) is 1. The lowest BCUT2D eigenvalue weighted by Crippen LogP contribution is -2.47. The molecule has 0 spiro atoms. The summed E-state index contributed by atoms with van der Waals surface area (Å²) in [4.78, 5) is 16.3. The maximum Gasteiger partial charge on any atom is 0.236 e. The summed E-state index contributed by atoms with van der Waals surface area (Å²) in [6, 6.07) is 0.572. The Balaban J connectivity index is 2.38. The van der Waals surface area contributed by atoms with Crippen LogP contribution in [0.25, 0.3) is 0 Å². The Bertz CT molecular complexity index is 235. The Labute approximate surface area is 112 Å². The van der Waals surface area contributed by atoms with Crippen molar-refractivity contribution in [1.82, 2.24) is 15.1 Å². The van der Waals surface area contributed by atoms with Crippen molar-refractivity contribution in [2.45, 2.75) is 46.1 Å². The van der Waals surface area contributed by atoms with Gasteiger partial charge in [-0.1, -0.05) is 13.3 Å². The Morgan fingerprint density at radius 2 is 1.89 bits per heavy atom. The zero-order valence-electron chi connectivity index (χ0n) is 12.2. The van der Waals surface area contributed by atoms with E-state index in [9.17, 15) is 4.79 Å². The van der Waals surface area contributed by atoms with Crippen LogP contribution in [0.3, 0.4) is 0 Å². The number of nitrogens with one attached hydrogen (secondary N) is 1. The maximum atomic E-state index is 12.1. The van der Waals surface area contributed by atoms with Crippen molar-refractivity contribution in [3.8, 4) is 0 Å². The molecule has 0 bridgehead atoms. The number of hydrogen-bond acceptors (Lipinski definition) is 3. The van der Waals surface area contributed by atoms with Gasteiger partial charge < -0.3 is 10.2 Å². The minimum atomic E-state index is 0.262. The lowest BCUT2D eigenvalue weighted by atomic mass is 10.0. The van der Waals surface area contributed by atoms with Crippen LogP contribution in [0.1, 0.15) is 40.0 Å². The molecular formula is C14H29N3O. The Kier molecular flexibility index (Phi) is 7.28. The Hall–Kier alpha value is -0.610. The number of nitrogens with zero attached hydrogens (tertiary/aromatic N) is 2. The van der Waals surface area contributed by atoms with Crippen molar-refractivity contribution in [3.63, 3.8) is 0 Å². The van der Waals surface area contributed by atoms with E-state index in [1.165, 1.54) is 19.3 Å². The molecule has 4 nitrogen and oxygen atoms in total. The zero-order valence-corrected chi connectivity index (χ0v) is 12.2. The quantitative estimate of drug-likeness (QED) is 0.745. The average Bonchev–Trinajstić information content (AvgIpc) is 2.40. The molecule has 1 unspecified atom stereocenters. The van der Waals surface area contributed by atoms with Crippen LogP contribution in [0.2, 0.25) is 0 Å². The molecule has 1 heterocycles. The first-order chi connectivity index (χ1) is 8.71.